The lowest BCUT2D eigenvalue weighted by Gasteiger charge is -2.29. The van der Waals surface area contributed by atoms with Gasteiger partial charge in [0.05, 0.1) is 24.3 Å². The number of alkyl halides is 3. The SMILES string of the molecule is O=C(c1cnc(Nc2cccc(C(F)(F)F)c2)c2c1C1CCC2C1)N1CCOCC1. The third-order valence-corrected chi connectivity index (χ3v) is 6.39. The molecule has 5 nitrogen and oxygen atoms in total. The first-order valence-electron chi connectivity index (χ1n) is 10.3. The van der Waals surface area contributed by atoms with Gasteiger partial charge in [-0.1, -0.05) is 6.07 Å². The Labute approximate surface area is 172 Å². The Morgan fingerprint density at radius 3 is 2.60 bits per heavy atom. The minimum Gasteiger partial charge on any atom is -0.378 e. The number of carbonyl (C=O) groups is 1. The van der Waals surface area contributed by atoms with Crippen molar-refractivity contribution in [1.82, 2.24) is 9.88 Å². The van der Waals surface area contributed by atoms with Crippen molar-refractivity contribution in [1.29, 1.82) is 0 Å². The lowest BCUT2D eigenvalue weighted by molar-refractivity contribution is -0.137. The topological polar surface area (TPSA) is 54.5 Å². The summed E-state index contributed by atoms with van der Waals surface area (Å²) < 4.78 is 44.6. The van der Waals surface area contributed by atoms with Gasteiger partial charge in [-0.15, -0.1) is 0 Å². The molecule has 2 bridgehead atoms. The summed E-state index contributed by atoms with van der Waals surface area (Å²) >= 11 is 0. The Bertz CT molecular complexity index is 986. The van der Waals surface area contributed by atoms with Gasteiger partial charge >= 0.3 is 6.18 Å². The number of hydrogen-bond donors (Lipinski definition) is 1. The highest BCUT2D eigenvalue weighted by Crippen LogP contribution is 2.56. The first kappa shape index (κ1) is 19.4. The first-order chi connectivity index (χ1) is 14.4. The van der Waals surface area contributed by atoms with Crippen molar-refractivity contribution in [3.05, 3.63) is 52.7 Å². The number of rotatable bonds is 3. The quantitative estimate of drug-likeness (QED) is 0.788. The molecule has 3 aliphatic rings. The van der Waals surface area contributed by atoms with Gasteiger partial charge in [0.15, 0.2) is 0 Å². The maximum atomic E-state index is 13.1. The van der Waals surface area contributed by atoms with Crippen LogP contribution in [0.2, 0.25) is 0 Å². The maximum absolute atomic E-state index is 13.1. The normalized spacial score (nSPS) is 22.8. The van der Waals surface area contributed by atoms with E-state index in [1.54, 1.807) is 17.2 Å². The summed E-state index contributed by atoms with van der Waals surface area (Å²) in [5.41, 5.74) is 2.31. The molecule has 1 N–H and O–H groups in total. The van der Waals surface area contributed by atoms with Crippen LogP contribution in [0.25, 0.3) is 0 Å². The molecule has 2 heterocycles. The summed E-state index contributed by atoms with van der Waals surface area (Å²) in [6.45, 7) is 2.18. The van der Waals surface area contributed by atoms with Crippen molar-refractivity contribution in [2.75, 3.05) is 31.6 Å². The zero-order chi connectivity index (χ0) is 20.9. The largest absolute Gasteiger partial charge is 0.416 e. The number of anilines is 2. The van der Waals surface area contributed by atoms with Crippen LogP contribution in [0.5, 0.6) is 0 Å². The van der Waals surface area contributed by atoms with Gasteiger partial charge in [0.2, 0.25) is 0 Å². The standard InChI is InChI=1S/C22H22F3N3O2/c23-22(24,25)15-2-1-3-16(11-15)27-20-19-14-5-4-13(10-14)18(19)17(12-26-20)21(29)28-6-8-30-9-7-28/h1-3,11-14H,4-10H2,(H,26,27). The van der Waals surface area contributed by atoms with Gasteiger partial charge in [0.25, 0.3) is 5.91 Å². The second kappa shape index (κ2) is 7.27. The molecule has 1 aromatic heterocycles. The second-order valence-electron chi connectivity index (χ2n) is 8.16. The van der Waals surface area contributed by atoms with Crippen LogP contribution >= 0.6 is 0 Å². The van der Waals surface area contributed by atoms with Crippen LogP contribution in [0.1, 0.15) is 58.1 Å². The van der Waals surface area contributed by atoms with Crippen molar-refractivity contribution >= 4 is 17.4 Å². The maximum Gasteiger partial charge on any atom is 0.416 e. The molecule has 1 saturated carbocycles. The first-order valence-corrected chi connectivity index (χ1v) is 10.3. The summed E-state index contributed by atoms with van der Waals surface area (Å²) in [4.78, 5) is 19.4. The molecular formula is C22H22F3N3O2. The monoisotopic (exact) mass is 417 g/mol. The highest BCUT2D eigenvalue weighted by atomic mass is 19.4. The lowest BCUT2D eigenvalue weighted by Crippen LogP contribution is -2.41. The van der Waals surface area contributed by atoms with Gasteiger partial charge in [-0.25, -0.2) is 4.98 Å². The Balaban J connectivity index is 1.50. The van der Waals surface area contributed by atoms with Crippen LogP contribution in [0.3, 0.4) is 0 Å². The average molecular weight is 417 g/mol. The van der Waals surface area contributed by atoms with E-state index in [1.165, 1.54) is 6.07 Å². The smallest absolute Gasteiger partial charge is 0.378 e. The van der Waals surface area contributed by atoms with E-state index in [9.17, 15) is 18.0 Å². The molecule has 0 radical (unpaired) electrons. The minimum absolute atomic E-state index is 0.0276. The predicted molar refractivity (Wildman–Crippen MR) is 105 cm³/mol. The van der Waals surface area contributed by atoms with E-state index >= 15 is 0 Å². The molecule has 2 unspecified atom stereocenters. The van der Waals surface area contributed by atoms with Gasteiger partial charge < -0.3 is 15.0 Å². The van der Waals surface area contributed by atoms with E-state index in [-0.39, 0.29) is 5.91 Å². The van der Waals surface area contributed by atoms with Crippen molar-refractivity contribution in [3.63, 3.8) is 0 Å². The second-order valence-corrected chi connectivity index (χ2v) is 8.16. The van der Waals surface area contributed by atoms with Crippen LogP contribution < -0.4 is 5.32 Å². The number of nitrogens with zero attached hydrogens (tertiary/aromatic N) is 2. The van der Waals surface area contributed by atoms with Gasteiger partial charge in [-0.05, 0) is 54.9 Å². The molecule has 2 atom stereocenters. The van der Waals surface area contributed by atoms with E-state index in [1.807, 2.05) is 0 Å². The zero-order valence-electron chi connectivity index (χ0n) is 16.3. The van der Waals surface area contributed by atoms with E-state index in [2.05, 4.69) is 10.3 Å². The van der Waals surface area contributed by atoms with Gasteiger partial charge in [-0.3, -0.25) is 4.79 Å². The molecule has 1 aromatic carbocycles. The van der Waals surface area contributed by atoms with Crippen molar-refractivity contribution in [3.8, 4) is 0 Å². The summed E-state index contributed by atoms with van der Waals surface area (Å²) in [5.74, 6) is 1.15. The van der Waals surface area contributed by atoms with Crippen LogP contribution in [0.4, 0.5) is 24.7 Å². The molecule has 1 amide bonds. The molecule has 1 saturated heterocycles. The fourth-order valence-corrected chi connectivity index (χ4v) is 5.02. The Morgan fingerprint density at radius 2 is 1.87 bits per heavy atom. The van der Waals surface area contributed by atoms with Gasteiger partial charge in [0.1, 0.15) is 5.82 Å². The Hall–Kier alpha value is -2.61. The predicted octanol–water partition coefficient (Wildman–Crippen LogP) is 4.68. The van der Waals surface area contributed by atoms with Gasteiger partial charge in [0, 0.05) is 30.5 Å². The van der Waals surface area contributed by atoms with Crippen molar-refractivity contribution in [2.24, 2.45) is 0 Å². The van der Waals surface area contributed by atoms with E-state index in [0.29, 0.717) is 55.2 Å². The summed E-state index contributed by atoms with van der Waals surface area (Å²) in [7, 11) is 0. The number of carbonyl (C=O) groups excluding carboxylic acids is 1. The van der Waals surface area contributed by atoms with Crippen LogP contribution in [-0.4, -0.2) is 42.1 Å². The molecule has 158 valence electrons. The molecule has 5 rings (SSSR count). The average Bonchev–Trinajstić information content (AvgIpc) is 3.37. The number of hydrogen-bond acceptors (Lipinski definition) is 4. The molecular weight excluding hydrogens is 395 g/mol. The number of aromatic nitrogens is 1. The minimum atomic E-state index is -4.40. The zero-order valence-corrected chi connectivity index (χ0v) is 16.3. The number of pyridine rings is 1. The number of morpholine rings is 1. The number of ether oxygens (including phenoxy) is 1. The number of fused-ring (bicyclic) bond motifs is 5. The molecule has 8 heteroatoms. The fraction of sp³-hybridized carbons (Fsp3) is 0.455. The summed E-state index contributed by atoms with van der Waals surface area (Å²) in [6, 6.07) is 5.13. The molecule has 30 heavy (non-hydrogen) atoms. The van der Waals surface area contributed by atoms with Crippen LogP contribution in [-0.2, 0) is 10.9 Å². The highest BCUT2D eigenvalue weighted by Gasteiger charge is 2.42. The lowest BCUT2D eigenvalue weighted by atomic mass is 9.88. The highest BCUT2D eigenvalue weighted by molar-refractivity contribution is 5.97. The number of benzene rings is 1. The fourth-order valence-electron chi connectivity index (χ4n) is 5.02. The Kier molecular flexibility index (Phi) is 4.69. The Morgan fingerprint density at radius 1 is 1.13 bits per heavy atom. The van der Waals surface area contributed by atoms with E-state index < -0.39 is 11.7 Å². The van der Waals surface area contributed by atoms with Crippen LogP contribution in [0, 0.1) is 0 Å². The number of amides is 1. The van der Waals surface area contributed by atoms with Gasteiger partial charge in [-0.2, -0.15) is 13.2 Å². The van der Waals surface area contributed by atoms with E-state index in [4.69, 9.17) is 4.74 Å². The molecule has 2 aromatic rings. The molecule has 1 aliphatic heterocycles. The molecule has 2 aliphatic carbocycles. The van der Waals surface area contributed by atoms with Crippen LogP contribution in [0.15, 0.2) is 30.5 Å². The van der Waals surface area contributed by atoms with Crippen molar-refractivity contribution in [2.45, 2.75) is 37.3 Å². The van der Waals surface area contributed by atoms with E-state index in [0.717, 1.165) is 42.5 Å². The molecule has 2 fully saturated rings. The summed E-state index contributed by atoms with van der Waals surface area (Å²) in [5, 5.41) is 3.09. The number of nitrogens with one attached hydrogen (secondary N) is 1. The third kappa shape index (κ3) is 3.33. The third-order valence-electron chi connectivity index (χ3n) is 6.39. The van der Waals surface area contributed by atoms with Crippen molar-refractivity contribution < 1.29 is 22.7 Å². The number of halogens is 3. The molecule has 0 spiro atoms. The summed E-state index contributed by atoms with van der Waals surface area (Å²) in [6.07, 6.45) is 0.218.